The van der Waals surface area contributed by atoms with Crippen molar-refractivity contribution in [1.29, 1.82) is 0 Å². The number of carboxylic acid groups (broad SMARTS) is 3. The molecule has 0 aliphatic heterocycles. The molecule has 0 spiro atoms. The van der Waals surface area contributed by atoms with Gasteiger partial charge in [0, 0.05) is 13.0 Å². The molecule has 0 radical (unpaired) electrons. The Kier molecular flexibility index (Phi) is 14.0. The SMILES string of the molecule is NC(N)=NCCCC(NC(=O)C(CO)NC(=O)C(N)CC(=O)O)C(=O)NC(CCC(=O)O)C(=O)O. The summed E-state index contributed by atoms with van der Waals surface area (Å²) >= 11 is 0. The predicted octanol–water partition coefficient (Wildman–Crippen LogP) is -4.76. The van der Waals surface area contributed by atoms with E-state index in [9.17, 15) is 39.0 Å². The number of nitrogens with zero attached hydrogens (tertiary/aromatic N) is 1. The third-order valence-electron chi connectivity index (χ3n) is 4.39. The molecular formula is C18H31N7O10. The van der Waals surface area contributed by atoms with Crippen molar-refractivity contribution >= 4 is 41.6 Å². The zero-order valence-electron chi connectivity index (χ0n) is 18.7. The molecule has 0 bridgehead atoms. The van der Waals surface area contributed by atoms with E-state index in [1.54, 1.807) is 0 Å². The first kappa shape index (κ1) is 31.0. The number of nitrogens with one attached hydrogen (secondary N) is 3. The molecule has 0 aromatic carbocycles. The molecule has 17 nitrogen and oxygen atoms in total. The summed E-state index contributed by atoms with van der Waals surface area (Å²) in [6, 6.07) is -6.09. The Balaban J connectivity index is 5.44. The molecule has 35 heavy (non-hydrogen) atoms. The molecule has 0 rings (SSSR count). The van der Waals surface area contributed by atoms with Gasteiger partial charge in [-0.25, -0.2) is 4.79 Å². The van der Waals surface area contributed by atoms with Gasteiger partial charge in [0.05, 0.1) is 19.1 Å². The normalized spacial score (nSPS) is 13.9. The molecule has 0 aromatic rings. The largest absolute Gasteiger partial charge is 0.481 e. The van der Waals surface area contributed by atoms with Gasteiger partial charge in [-0.2, -0.15) is 0 Å². The van der Waals surface area contributed by atoms with Gasteiger partial charge in [-0.05, 0) is 19.3 Å². The summed E-state index contributed by atoms with van der Waals surface area (Å²) in [4.78, 5) is 73.7. The molecule has 0 aromatic heterocycles. The minimum atomic E-state index is -1.61. The first-order valence-corrected chi connectivity index (χ1v) is 10.3. The Labute approximate surface area is 199 Å². The van der Waals surface area contributed by atoms with Crippen LogP contribution in [0.15, 0.2) is 4.99 Å². The Hall–Kier alpha value is -3.99. The van der Waals surface area contributed by atoms with Gasteiger partial charge < -0.3 is 53.6 Å². The molecule has 0 saturated heterocycles. The van der Waals surface area contributed by atoms with Crippen molar-refractivity contribution in [3.8, 4) is 0 Å². The number of amides is 3. The van der Waals surface area contributed by atoms with E-state index in [2.05, 4.69) is 20.9 Å². The number of aliphatic carboxylic acids is 3. The van der Waals surface area contributed by atoms with Crippen LogP contribution in [0.3, 0.4) is 0 Å². The quantitative estimate of drug-likeness (QED) is 0.0504. The minimum Gasteiger partial charge on any atom is -0.481 e. The summed E-state index contributed by atoms with van der Waals surface area (Å²) in [6.07, 6.45) is -1.68. The van der Waals surface area contributed by atoms with E-state index in [1.807, 2.05) is 0 Å². The van der Waals surface area contributed by atoms with Crippen LogP contribution in [-0.4, -0.2) is 99.3 Å². The Morgan fingerprint density at radius 2 is 1.31 bits per heavy atom. The first-order chi connectivity index (χ1) is 16.3. The number of carbonyl (C=O) groups is 6. The highest BCUT2D eigenvalue weighted by molar-refractivity contribution is 5.94. The summed E-state index contributed by atoms with van der Waals surface area (Å²) < 4.78 is 0. The van der Waals surface area contributed by atoms with Crippen LogP contribution < -0.4 is 33.2 Å². The molecular weight excluding hydrogens is 474 g/mol. The fourth-order valence-electron chi connectivity index (χ4n) is 2.60. The Morgan fingerprint density at radius 1 is 0.771 bits per heavy atom. The standard InChI is InChI=1S/C18H31N7O10/c19-8(6-13(29)30)14(31)25-11(7-26)16(33)23-9(2-1-5-22-18(20)21)15(32)24-10(17(34)35)3-4-12(27)28/h8-11,26H,1-7,19H2,(H,23,33)(H,24,32)(H,25,31)(H,27,28)(H,29,30)(H,34,35)(H4,20,21,22). The lowest BCUT2D eigenvalue weighted by molar-refractivity contribution is -0.143. The van der Waals surface area contributed by atoms with Crippen molar-refractivity contribution in [2.45, 2.75) is 56.3 Å². The zero-order valence-corrected chi connectivity index (χ0v) is 18.7. The van der Waals surface area contributed by atoms with E-state index >= 15 is 0 Å². The number of hydrogen-bond donors (Lipinski definition) is 10. The number of carbonyl (C=O) groups excluding carboxylic acids is 3. The van der Waals surface area contributed by atoms with Gasteiger partial charge in [0.15, 0.2) is 5.96 Å². The molecule has 3 amide bonds. The Bertz CT molecular complexity index is 815. The van der Waals surface area contributed by atoms with Gasteiger partial charge >= 0.3 is 17.9 Å². The lowest BCUT2D eigenvalue weighted by atomic mass is 10.1. The third kappa shape index (κ3) is 13.3. The van der Waals surface area contributed by atoms with E-state index in [0.29, 0.717) is 0 Å². The molecule has 4 unspecified atom stereocenters. The van der Waals surface area contributed by atoms with Gasteiger partial charge in [0.2, 0.25) is 17.7 Å². The highest BCUT2D eigenvalue weighted by atomic mass is 16.4. The zero-order chi connectivity index (χ0) is 27.1. The molecule has 4 atom stereocenters. The predicted molar refractivity (Wildman–Crippen MR) is 118 cm³/mol. The second kappa shape index (κ2) is 15.8. The van der Waals surface area contributed by atoms with Crippen LogP contribution in [0.2, 0.25) is 0 Å². The number of aliphatic hydroxyl groups is 1. The highest BCUT2D eigenvalue weighted by Gasteiger charge is 2.30. The third-order valence-corrected chi connectivity index (χ3v) is 4.39. The Morgan fingerprint density at radius 3 is 1.80 bits per heavy atom. The lowest BCUT2D eigenvalue weighted by Crippen LogP contribution is -2.58. The van der Waals surface area contributed by atoms with Crippen LogP contribution in [0.25, 0.3) is 0 Å². The highest BCUT2D eigenvalue weighted by Crippen LogP contribution is 2.04. The van der Waals surface area contributed by atoms with Crippen LogP contribution in [0.4, 0.5) is 0 Å². The summed E-state index contributed by atoms with van der Waals surface area (Å²) in [6.45, 7) is -0.885. The first-order valence-electron chi connectivity index (χ1n) is 10.3. The molecule has 0 fully saturated rings. The van der Waals surface area contributed by atoms with Gasteiger partial charge in [0.25, 0.3) is 0 Å². The van der Waals surface area contributed by atoms with Crippen molar-refractivity contribution in [3.63, 3.8) is 0 Å². The number of nitrogens with two attached hydrogens (primary N) is 3. The van der Waals surface area contributed by atoms with Crippen LogP contribution in [-0.2, 0) is 28.8 Å². The van der Waals surface area contributed by atoms with E-state index in [4.69, 9.17) is 27.4 Å². The van der Waals surface area contributed by atoms with E-state index in [1.165, 1.54) is 0 Å². The summed E-state index contributed by atoms with van der Waals surface area (Å²) in [5.74, 6) is -7.46. The second-order valence-corrected chi connectivity index (χ2v) is 7.29. The fourth-order valence-corrected chi connectivity index (χ4v) is 2.60. The monoisotopic (exact) mass is 505 g/mol. The van der Waals surface area contributed by atoms with Gasteiger partial charge in [-0.1, -0.05) is 0 Å². The number of guanidine groups is 1. The number of rotatable bonds is 17. The second-order valence-electron chi connectivity index (χ2n) is 7.29. The summed E-state index contributed by atoms with van der Waals surface area (Å²) in [5.41, 5.74) is 15.8. The topological polar surface area (TPSA) is 310 Å². The minimum absolute atomic E-state index is 0.0492. The molecule has 0 aliphatic carbocycles. The maximum Gasteiger partial charge on any atom is 0.326 e. The van der Waals surface area contributed by atoms with Gasteiger partial charge in [-0.15, -0.1) is 0 Å². The lowest BCUT2D eigenvalue weighted by Gasteiger charge is -2.24. The van der Waals surface area contributed by atoms with Gasteiger partial charge in [0.1, 0.15) is 18.1 Å². The number of aliphatic imine (C=N–C) groups is 1. The van der Waals surface area contributed by atoms with E-state index in [-0.39, 0.29) is 25.3 Å². The smallest absolute Gasteiger partial charge is 0.326 e. The molecule has 0 saturated carbocycles. The fraction of sp³-hybridized carbons (Fsp3) is 0.611. The van der Waals surface area contributed by atoms with E-state index < -0.39 is 85.7 Å². The average molecular weight is 505 g/mol. The molecule has 0 aliphatic rings. The van der Waals surface area contributed by atoms with Crippen molar-refractivity contribution in [2.75, 3.05) is 13.2 Å². The maximum atomic E-state index is 12.7. The van der Waals surface area contributed by atoms with Crippen molar-refractivity contribution < 1.29 is 49.2 Å². The molecule has 13 N–H and O–H groups in total. The number of hydrogen-bond acceptors (Lipinski definition) is 9. The maximum absolute atomic E-state index is 12.7. The summed E-state index contributed by atoms with van der Waals surface area (Å²) in [5, 5.41) is 42.6. The number of carboxylic acids is 3. The van der Waals surface area contributed by atoms with Crippen molar-refractivity contribution in [3.05, 3.63) is 0 Å². The van der Waals surface area contributed by atoms with Crippen molar-refractivity contribution in [2.24, 2.45) is 22.2 Å². The molecule has 198 valence electrons. The number of aliphatic hydroxyl groups excluding tert-OH is 1. The van der Waals surface area contributed by atoms with Crippen LogP contribution >= 0.6 is 0 Å². The van der Waals surface area contributed by atoms with Crippen LogP contribution in [0.1, 0.15) is 32.1 Å². The molecule has 0 heterocycles. The average Bonchev–Trinajstić information content (AvgIpc) is 2.75. The van der Waals surface area contributed by atoms with Crippen LogP contribution in [0, 0.1) is 0 Å². The van der Waals surface area contributed by atoms with Crippen LogP contribution in [0.5, 0.6) is 0 Å². The van der Waals surface area contributed by atoms with Crippen molar-refractivity contribution in [1.82, 2.24) is 16.0 Å². The van der Waals surface area contributed by atoms with Gasteiger partial charge in [-0.3, -0.25) is 29.0 Å². The molecule has 17 heteroatoms. The van der Waals surface area contributed by atoms with E-state index in [0.717, 1.165) is 0 Å². The summed E-state index contributed by atoms with van der Waals surface area (Å²) in [7, 11) is 0.